The summed E-state index contributed by atoms with van der Waals surface area (Å²) < 4.78 is 16.3. The van der Waals surface area contributed by atoms with E-state index in [0.29, 0.717) is 35.7 Å². The van der Waals surface area contributed by atoms with Gasteiger partial charge in [-0.1, -0.05) is 30.3 Å². The molecule has 1 saturated heterocycles. The first-order valence-electron chi connectivity index (χ1n) is 9.17. The van der Waals surface area contributed by atoms with Crippen LogP contribution in [0.1, 0.15) is 41.3 Å². The lowest BCUT2D eigenvalue weighted by Gasteiger charge is -2.30. The second kappa shape index (κ2) is 7.70. The molecule has 27 heavy (non-hydrogen) atoms. The third-order valence-corrected chi connectivity index (χ3v) is 4.83. The molecule has 2 heterocycles. The maximum absolute atomic E-state index is 13.1. The molecule has 2 aromatic carbocycles. The molecule has 6 nitrogen and oxygen atoms in total. The highest BCUT2D eigenvalue weighted by Gasteiger charge is 2.31. The molecular weight excluding hydrogens is 346 g/mol. The molecule has 0 saturated carbocycles. The van der Waals surface area contributed by atoms with E-state index in [2.05, 4.69) is 0 Å². The third kappa shape index (κ3) is 3.74. The van der Waals surface area contributed by atoms with Crippen LogP contribution < -0.4 is 9.47 Å². The number of nitrogens with zero attached hydrogens (tertiary/aromatic N) is 1. The summed E-state index contributed by atoms with van der Waals surface area (Å²) in [6.07, 6.45) is 2.12. The van der Waals surface area contributed by atoms with Gasteiger partial charge in [0.2, 0.25) is 12.9 Å². The van der Waals surface area contributed by atoms with Crippen molar-refractivity contribution in [2.45, 2.75) is 25.4 Å². The molecule has 2 aromatic rings. The molecule has 0 N–H and O–H groups in total. The van der Waals surface area contributed by atoms with Gasteiger partial charge in [-0.25, -0.2) is 4.79 Å². The Morgan fingerprint density at radius 1 is 0.926 bits per heavy atom. The van der Waals surface area contributed by atoms with Crippen molar-refractivity contribution in [3.63, 3.8) is 0 Å². The fourth-order valence-electron chi connectivity index (χ4n) is 3.37. The molecule has 6 heteroatoms. The molecule has 1 unspecified atom stereocenters. The second-order valence-corrected chi connectivity index (χ2v) is 6.65. The number of carbonyl (C=O) groups is 2. The van der Waals surface area contributed by atoms with Crippen LogP contribution in [0.2, 0.25) is 0 Å². The van der Waals surface area contributed by atoms with Gasteiger partial charge in [-0.15, -0.1) is 0 Å². The Hall–Kier alpha value is -3.02. The highest BCUT2D eigenvalue weighted by atomic mass is 16.7. The van der Waals surface area contributed by atoms with E-state index in [1.165, 1.54) is 0 Å². The van der Waals surface area contributed by atoms with Gasteiger partial charge in [0.1, 0.15) is 0 Å². The van der Waals surface area contributed by atoms with E-state index in [0.717, 1.165) is 19.3 Å². The largest absolute Gasteiger partial charge is 0.454 e. The molecule has 4 rings (SSSR count). The highest BCUT2D eigenvalue weighted by molar-refractivity contribution is 5.93. The number of ether oxygens (including phenoxy) is 3. The summed E-state index contributed by atoms with van der Waals surface area (Å²) in [5, 5.41) is 0. The maximum Gasteiger partial charge on any atom is 0.339 e. The third-order valence-electron chi connectivity index (χ3n) is 4.83. The van der Waals surface area contributed by atoms with Gasteiger partial charge < -0.3 is 19.1 Å². The summed E-state index contributed by atoms with van der Waals surface area (Å²) in [6.45, 7) is 1.53. The minimum Gasteiger partial charge on any atom is -0.454 e. The monoisotopic (exact) mass is 367 g/mol. The van der Waals surface area contributed by atoms with Crippen LogP contribution in [0.5, 0.6) is 11.5 Å². The van der Waals surface area contributed by atoms with Crippen LogP contribution in [0.4, 0.5) is 0 Å². The van der Waals surface area contributed by atoms with E-state index in [-0.39, 0.29) is 12.7 Å². The molecule has 2 aliphatic rings. The molecule has 0 aliphatic carbocycles. The van der Waals surface area contributed by atoms with Crippen molar-refractivity contribution in [3.8, 4) is 11.5 Å². The number of benzene rings is 2. The average molecular weight is 367 g/mol. The van der Waals surface area contributed by atoms with Crippen LogP contribution >= 0.6 is 0 Å². The number of piperidine rings is 1. The van der Waals surface area contributed by atoms with Crippen molar-refractivity contribution in [3.05, 3.63) is 59.7 Å². The summed E-state index contributed by atoms with van der Waals surface area (Å²) in [5.41, 5.74) is 0.994. The van der Waals surface area contributed by atoms with Crippen LogP contribution in [0, 0.1) is 0 Å². The topological polar surface area (TPSA) is 65.1 Å². The number of hydrogen-bond donors (Lipinski definition) is 0. The molecule has 0 aromatic heterocycles. The Morgan fingerprint density at radius 2 is 1.67 bits per heavy atom. The molecule has 0 radical (unpaired) electrons. The van der Waals surface area contributed by atoms with E-state index < -0.39 is 12.1 Å². The lowest BCUT2D eigenvalue weighted by atomic mass is 10.1. The zero-order valence-corrected chi connectivity index (χ0v) is 14.9. The number of fused-ring (bicyclic) bond motifs is 1. The van der Waals surface area contributed by atoms with Crippen molar-refractivity contribution in [2.24, 2.45) is 0 Å². The summed E-state index contributed by atoms with van der Waals surface area (Å²) in [7, 11) is 0. The van der Waals surface area contributed by atoms with Gasteiger partial charge in [0, 0.05) is 18.7 Å². The molecule has 2 aliphatic heterocycles. The molecule has 1 amide bonds. The molecule has 0 spiro atoms. The van der Waals surface area contributed by atoms with Crippen molar-refractivity contribution in [1.29, 1.82) is 0 Å². The molecular formula is C21H21NO5. The van der Waals surface area contributed by atoms with Gasteiger partial charge in [0.15, 0.2) is 11.5 Å². The van der Waals surface area contributed by atoms with E-state index >= 15 is 0 Å². The Kier molecular flexibility index (Phi) is 4.96. The Balaban J connectivity index is 1.57. The highest BCUT2D eigenvalue weighted by Crippen LogP contribution is 2.33. The lowest BCUT2D eigenvalue weighted by molar-refractivity contribution is -0.142. The number of amides is 1. The first kappa shape index (κ1) is 17.4. The van der Waals surface area contributed by atoms with Gasteiger partial charge in [0.05, 0.1) is 5.56 Å². The van der Waals surface area contributed by atoms with Crippen LogP contribution in [0.3, 0.4) is 0 Å². The van der Waals surface area contributed by atoms with Crippen LogP contribution in [0.25, 0.3) is 0 Å². The average Bonchev–Trinajstić information content (AvgIpc) is 3.20. The summed E-state index contributed by atoms with van der Waals surface area (Å²) in [6, 6.07) is 14.0. The van der Waals surface area contributed by atoms with E-state index in [4.69, 9.17) is 14.2 Å². The van der Waals surface area contributed by atoms with Gasteiger partial charge in [-0.05, 0) is 37.5 Å². The maximum atomic E-state index is 13.1. The molecule has 0 bridgehead atoms. The summed E-state index contributed by atoms with van der Waals surface area (Å²) in [5.74, 6) is 0.362. The number of hydrogen-bond acceptors (Lipinski definition) is 5. The van der Waals surface area contributed by atoms with Crippen LogP contribution in [-0.4, -0.2) is 36.7 Å². The molecule has 1 atom stereocenters. The van der Waals surface area contributed by atoms with Crippen LogP contribution in [0.15, 0.2) is 48.5 Å². The Bertz CT molecular complexity index is 830. The number of rotatable bonds is 4. The summed E-state index contributed by atoms with van der Waals surface area (Å²) >= 11 is 0. The predicted octanol–water partition coefficient (Wildman–Crippen LogP) is 3.33. The molecule has 1 fully saturated rings. The van der Waals surface area contributed by atoms with Crippen molar-refractivity contribution in [1.82, 2.24) is 4.90 Å². The number of esters is 1. The van der Waals surface area contributed by atoms with E-state index in [9.17, 15) is 9.59 Å². The first-order chi connectivity index (χ1) is 13.2. The van der Waals surface area contributed by atoms with Crippen molar-refractivity contribution < 1.29 is 23.8 Å². The zero-order chi connectivity index (χ0) is 18.6. The lowest BCUT2D eigenvalue weighted by Crippen LogP contribution is -2.40. The standard InChI is InChI=1S/C21H21NO5/c23-20(22-11-5-2-6-12-22)19(15-7-3-1-4-8-15)27-21(24)16-9-10-17-18(13-16)26-14-25-17/h1,3-4,7-10,13,19H,2,5-6,11-12,14H2. The normalized spacial score (nSPS) is 16.7. The van der Waals surface area contributed by atoms with E-state index in [1.807, 2.05) is 18.2 Å². The van der Waals surface area contributed by atoms with Crippen LogP contribution in [-0.2, 0) is 9.53 Å². The number of carbonyl (C=O) groups excluding carboxylic acids is 2. The number of likely N-dealkylation sites (tertiary alicyclic amines) is 1. The van der Waals surface area contributed by atoms with Gasteiger partial charge in [-0.3, -0.25) is 4.79 Å². The second-order valence-electron chi connectivity index (χ2n) is 6.65. The fraction of sp³-hybridized carbons (Fsp3) is 0.333. The van der Waals surface area contributed by atoms with Crippen molar-refractivity contribution >= 4 is 11.9 Å². The van der Waals surface area contributed by atoms with Gasteiger partial charge >= 0.3 is 5.97 Å². The Labute approximate surface area is 157 Å². The van der Waals surface area contributed by atoms with E-state index in [1.54, 1.807) is 35.2 Å². The SMILES string of the molecule is O=C(OC(C(=O)N1CCCCC1)c1ccccc1)c1ccc2c(c1)OCO2. The summed E-state index contributed by atoms with van der Waals surface area (Å²) in [4.78, 5) is 27.6. The minimum atomic E-state index is -0.956. The zero-order valence-electron chi connectivity index (χ0n) is 14.9. The Morgan fingerprint density at radius 3 is 2.44 bits per heavy atom. The predicted molar refractivity (Wildman–Crippen MR) is 97.6 cm³/mol. The van der Waals surface area contributed by atoms with Crippen molar-refractivity contribution in [2.75, 3.05) is 19.9 Å². The molecule has 140 valence electrons. The minimum absolute atomic E-state index is 0.133. The fourth-order valence-corrected chi connectivity index (χ4v) is 3.37. The first-order valence-corrected chi connectivity index (χ1v) is 9.17. The quantitative estimate of drug-likeness (QED) is 0.776. The van der Waals surface area contributed by atoms with Gasteiger partial charge in [0.25, 0.3) is 5.91 Å². The smallest absolute Gasteiger partial charge is 0.339 e. The van der Waals surface area contributed by atoms with Gasteiger partial charge in [-0.2, -0.15) is 0 Å².